The lowest BCUT2D eigenvalue weighted by atomic mass is 10.1. The molecule has 0 heterocycles. The Balaban J connectivity index is 4.21. The van der Waals surface area contributed by atoms with Gasteiger partial charge in [-0.05, 0) is 13.8 Å². The summed E-state index contributed by atoms with van der Waals surface area (Å²) in [4.78, 5) is 21.6. The third-order valence-electron chi connectivity index (χ3n) is 1.28. The molecule has 0 unspecified atom stereocenters. The molecule has 2 amide bonds. The molecule has 0 aliphatic rings. The molecule has 0 fully saturated rings. The summed E-state index contributed by atoms with van der Waals surface area (Å²) in [6.07, 6.45) is 0. The van der Waals surface area contributed by atoms with E-state index in [1.807, 2.05) is 0 Å². The molecule has 0 saturated carbocycles. The summed E-state index contributed by atoms with van der Waals surface area (Å²) in [7, 11) is 1.53. The van der Waals surface area contributed by atoms with E-state index >= 15 is 0 Å². The third kappa shape index (κ3) is 3.02. The van der Waals surface area contributed by atoms with Crippen molar-refractivity contribution in [2.75, 3.05) is 7.05 Å². The molecule has 0 saturated heterocycles. The number of rotatable bonds is 2. The first-order chi connectivity index (χ1) is 4.90. The molecule has 0 rings (SSSR count). The lowest BCUT2D eigenvalue weighted by Crippen LogP contribution is -2.53. The molecule has 0 spiro atoms. The van der Waals surface area contributed by atoms with E-state index in [0.717, 1.165) is 0 Å². The van der Waals surface area contributed by atoms with Gasteiger partial charge in [0.25, 0.3) is 0 Å². The van der Waals surface area contributed by atoms with Gasteiger partial charge in [-0.25, -0.2) is 0 Å². The summed E-state index contributed by atoms with van der Waals surface area (Å²) < 4.78 is 0. The summed E-state index contributed by atoms with van der Waals surface area (Å²) >= 11 is 0. The number of carbonyl (C=O) groups excluding carboxylic acids is 2. The summed E-state index contributed by atoms with van der Waals surface area (Å²) in [5.41, 5.74) is -0.819. The molecule has 2 N–H and O–H groups in total. The molecule has 4 heteroatoms. The molecule has 0 radical (unpaired) electrons. The summed E-state index contributed by atoms with van der Waals surface area (Å²) in [5.74, 6) is -0.411. The predicted octanol–water partition coefficient (Wildman–Crippen LogP) is -0.353. The van der Waals surface area contributed by atoms with Crippen LogP contribution in [0, 0.1) is 0 Å². The molecule has 64 valence electrons. The van der Waals surface area contributed by atoms with Crippen molar-refractivity contribution in [3.05, 3.63) is 0 Å². The fourth-order valence-electron chi connectivity index (χ4n) is 0.809. The number of carbonyl (C=O) groups is 2. The maximum absolute atomic E-state index is 11.0. The van der Waals surface area contributed by atoms with Crippen LogP contribution in [-0.2, 0) is 9.59 Å². The topological polar surface area (TPSA) is 58.2 Å². The van der Waals surface area contributed by atoms with Crippen LogP contribution in [0.4, 0.5) is 0 Å². The highest BCUT2D eigenvalue weighted by atomic mass is 16.2. The highest BCUT2D eigenvalue weighted by molar-refractivity contribution is 5.89. The van der Waals surface area contributed by atoms with Crippen LogP contribution >= 0.6 is 0 Å². The van der Waals surface area contributed by atoms with E-state index in [1.165, 1.54) is 14.0 Å². The fourth-order valence-corrected chi connectivity index (χ4v) is 0.809. The summed E-state index contributed by atoms with van der Waals surface area (Å²) in [6, 6.07) is 0. The van der Waals surface area contributed by atoms with Gasteiger partial charge in [-0.2, -0.15) is 0 Å². The van der Waals surface area contributed by atoms with Gasteiger partial charge in [0.05, 0.1) is 0 Å². The quantitative estimate of drug-likeness (QED) is 0.577. The van der Waals surface area contributed by atoms with Crippen molar-refractivity contribution in [2.45, 2.75) is 26.3 Å². The summed E-state index contributed by atoms with van der Waals surface area (Å²) in [6.45, 7) is 4.67. The zero-order valence-corrected chi connectivity index (χ0v) is 7.32. The van der Waals surface area contributed by atoms with E-state index in [9.17, 15) is 9.59 Å². The number of nitrogens with one attached hydrogen (secondary N) is 2. The van der Waals surface area contributed by atoms with Crippen molar-refractivity contribution in [3.63, 3.8) is 0 Å². The lowest BCUT2D eigenvalue weighted by Gasteiger charge is -2.22. The van der Waals surface area contributed by atoms with Crippen molar-refractivity contribution in [2.24, 2.45) is 0 Å². The van der Waals surface area contributed by atoms with E-state index in [4.69, 9.17) is 0 Å². The van der Waals surface area contributed by atoms with Gasteiger partial charge in [0.1, 0.15) is 5.54 Å². The Kier molecular flexibility index (Phi) is 3.04. The third-order valence-corrected chi connectivity index (χ3v) is 1.28. The van der Waals surface area contributed by atoms with Gasteiger partial charge in [0.2, 0.25) is 11.8 Å². The highest BCUT2D eigenvalue weighted by Crippen LogP contribution is 2.00. The molecule has 0 atom stereocenters. The van der Waals surface area contributed by atoms with E-state index in [2.05, 4.69) is 10.6 Å². The van der Waals surface area contributed by atoms with Crippen LogP contribution in [0.2, 0.25) is 0 Å². The maximum atomic E-state index is 11.0. The Morgan fingerprint density at radius 1 is 1.27 bits per heavy atom. The second-order valence-corrected chi connectivity index (χ2v) is 2.89. The number of hydrogen-bond acceptors (Lipinski definition) is 2. The number of amides is 2. The van der Waals surface area contributed by atoms with Crippen molar-refractivity contribution >= 4 is 11.8 Å². The molecule has 0 bridgehead atoms. The average molecular weight is 158 g/mol. The average Bonchev–Trinajstić information content (AvgIpc) is 1.83. The van der Waals surface area contributed by atoms with E-state index in [0.29, 0.717) is 0 Å². The number of likely N-dealkylation sites (N-methyl/N-ethyl adjacent to an activating group) is 1. The normalized spacial score (nSPS) is 10.5. The van der Waals surface area contributed by atoms with Crippen LogP contribution in [0.25, 0.3) is 0 Å². The van der Waals surface area contributed by atoms with E-state index in [1.54, 1.807) is 13.8 Å². The van der Waals surface area contributed by atoms with Gasteiger partial charge in [-0.1, -0.05) is 0 Å². The molecule has 0 aromatic carbocycles. The van der Waals surface area contributed by atoms with Crippen molar-refractivity contribution in [3.8, 4) is 0 Å². The van der Waals surface area contributed by atoms with Crippen LogP contribution in [0.1, 0.15) is 20.8 Å². The molecule has 0 aromatic heterocycles. The van der Waals surface area contributed by atoms with E-state index in [-0.39, 0.29) is 11.8 Å². The molecule has 0 aliphatic heterocycles. The van der Waals surface area contributed by atoms with Gasteiger partial charge in [0, 0.05) is 14.0 Å². The van der Waals surface area contributed by atoms with Crippen LogP contribution in [0.15, 0.2) is 0 Å². The minimum absolute atomic E-state index is 0.201. The second kappa shape index (κ2) is 3.37. The Labute approximate surface area is 66.4 Å². The first-order valence-electron chi connectivity index (χ1n) is 3.41. The van der Waals surface area contributed by atoms with Gasteiger partial charge in [-0.3, -0.25) is 9.59 Å². The summed E-state index contributed by atoms with van der Waals surface area (Å²) in [5, 5.41) is 4.98. The second-order valence-electron chi connectivity index (χ2n) is 2.89. The monoisotopic (exact) mass is 158 g/mol. The molecule has 0 aromatic rings. The van der Waals surface area contributed by atoms with Gasteiger partial charge in [0.15, 0.2) is 0 Å². The van der Waals surface area contributed by atoms with Gasteiger partial charge < -0.3 is 10.6 Å². The molecule has 0 aliphatic carbocycles. The van der Waals surface area contributed by atoms with Gasteiger partial charge in [-0.15, -0.1) is 0 Å². The Morgan fingerprint density at radius 2 is 1.73 bits per heavy atom. The standard InChI is InChI=1S/C7H14N2O2/c1-5(10)9-7(2,3)6(11)8-4/h1-4H3,(H,8,11)(H,9,10). The number of hydrogen-bond donors (Lipinski definition) is 2. The molecular formula is C7H14N2O2. The Hall–Kier alpha value is -1.06. The minimum Gasteiger partial charge on any atom is -0.357 e. The van der Waals surface area contributed by atoms with Crippen LogP contribution in [0.3, 0.4) is 0 Å². The van der Waals surface area contributed by atoms with E-state index < -0.39 is 5.54 Å². The zero-order valence-electron chi connectivity index (χ0n) is 7.32. The fraction of sp³-hybridized carbons (Fsp3) is 0.714. The molecule has 4 nitrogen and oxygen atoms in total. The minimum atomic E-state index is -0.819. The molecule has 11 heavy (non-hydrogen) atoms. The van der Waals surface area contributed by atoms with Crippen molar-refractivity contribution in [1.29, 1.82) is 0 Å². The van der Waals surface area contributed by atoms with Crippen molar-refractivity contribution < 1.29 is 9.59 Å². The highest BCUT2D eigenvalue weighted by Gasteiger charge is 2.26. The molecular weight excluding hydrogens is 144 g/mol. The maximum Gasteiger partial charge on any atom is 0.244 e. The van der Waals surface area contributed by atoms with Gasteiger partial charge >= 0.3 is 0 Å². The SMILES string of the molecule is CNC(=O)C(C)(C)NC(C)=O. The Morgan fingerprint density at radius 3 is 2.00 bits per heavy atom. The smallest absolute Gasteiger partial charge is 0.244 e. The van der Waals surface area contributed by atoms with Crippen LogP contribution in [-0.4, -0.2) is 24.4 Å². The first kappa shape index (κ1) is 9.94. The zero-order chi connectivity index (χ0) is 9.07. The van der Waals surface area contributed by atoms with Crippen molar-refractivity contribution in [1.82, 2.24) is 10.6 Å². The largest absolute Gasteiger partial charge is 0.357 e. The Bertz CT molecular complexity index is 175. The van der Waals surface area contributed by atoms with Crippen LogP contribution < -0.4 is 10.6 Å². The van der Waals surface area contributed by atoms with Crippen LogP contribution in [0.5, 0.6) is 0 Å². The first-order valence-corrected chi connectivity index (χ1v) is 3.41. The lowest BCUT2D eigenvalue weighted by molar-refractivity contribution is -0.131. The predicted molar refractivity (Wildman–Crippen MR) is 42.0 cm³/mol.